The monoisotopic (exact) mass is 154 g/mol. The minimum Gasteiger partial charge on any atom is -0.379 e. The molecule has 0 unspecified atom stereocenters. The first-order valence-corrected chi connectivity index (χ1v) is 4.03. The molecule has 1 aliphatic rings. The van der Waals surface area contributed by atoms with Gasteiger partial charge in [0.2, 0.25) is 0 Å². The Labute approximate surface area is 67.6 Å². The summed E-state index contributed by atoms with van der Waals surface area (Å²) in [6.07, 6.45) is 0.625. The van der Waals surface area contributed by atoms with Crippen LogP contribution in [0, 0.1) is 11.3 Å². The van der Waals surface area contributed by atoms with Crippen LogP contribution < -0.4 is 0 Å². The summed E-state index contributed by atoms with van der Waals surface area (Å²) in [5.41, 5.74) is 0. The summed E-state index contributed by atoms with van der Waals surface area (Å²) < 4.78 is 5.20. The van der Waals surface area contributed by atoms with E-state index in [4.69, 9.17) is 10.00 Å². The molecule has 0 aromatic rings. The highest BCUT2D eigenvalue weighted by atomic mass is 16.5. The van der Waals surface area contributed by atoms with Crippen molar-refractivity contribution in [1.82, 2.24) is 4.90 Å². The number of rotatable bonds is 2. The van der Waals surface area contributed by atoms with Gasteiger partial charge < -0.3 is 4.74 Å². The summed E-state index contributed by atoms with van der Waals surface area (Å²) in [6.45, 7) is 5.67. The van der Waals surface area contributed by atoms with Crippen LogP contribution in [0.3, 0.4) is 0 Å². The van der Waals surface area contributed by atoms with Gasteiger partial charge in [0.25, 0.3) is 0 Å². The Kier molecular flexibility index (Phi) is 3.34. The Morgan fingerprint density at radius 2 is 2.18 bits per heavy atom. The molecule has 0 bridgehead atoms. The normalized spacial score (nSPS) is 22.5. The number of ether oxygens (including phenoxy) is 1. The molecule has 3 nitrogen and oxygen atoms in total. The molecular formula is C8H14N2O. The number of hydrogen-bond acceptors (Lipinski definition) is 3. The van der Waals surface area contributed by atoms with Crippen LogP contribution in [0.5, 0.6) is 0 Å². The van der Waals surface area contributed by atoms with Crippen LogP contribution in [0.4, 0.5) is 0 Å². The molecule has 0 N–H and O–H groups in total. The Morgan fingerprint density at radius 3 is 2.73 bits per heavy atom. The molecule has 0 radical (unpaired) electrons. The van der Waals surface area contributed by atoms with E-state index in [1.54, 1.807) is 0 Å². The smallest absolute Gasteiger partial charge is 0.0638 e. The van der Waals surface area contributed by atoms with Crippen molar-refractivity contribution >= 4 is 0 Å². The van der Waals surface area contributed by atoms with Gasteiger partial charge in [-0.3, -0.25) is 4.90 Å². The highest BCUT2D eigenvalue weighted by Gasteiger charge is 2.15. The lowest BCUT2D eigenvalue weighted by Crippen LogP contribution is -2.41. The molecule has 1 atom stereocenters. The van der Waals surface area contributed by atoms with Crippen LogP contribution in [0.2, 0.25) is 0 Å². The quantitative estimate of drug-likeness (QED) is 0.585. The van der Waals surface area contributed by atoms with E-state index in [1.807, 2.05) is 0 Å². The summed E-state index contributed by atoms with van der Waals surface area (Å²) in [4.78, 5) is 2.30. The van der Waals surface area contributed by atoms with Crippen molar-refractivity contribution < 1.29 is 4.74 Å². The molecule has 1 fully saturated rings. The fourth-order valence-electron chi connectivity index (χ4n) is 1.28. The molecule has 1 saturated heterocycles. The van der Waals surface area contributed by atoms with Crippen molar-refractivity contribution in [3.05, 3.63) is 0 Å². The zero-order chi connectivity index (χ0) is 8.10. The predicted octanol–water partition coefficient (Wildman–Crippen LogP) is 0.621. The van der Waals surface area contributed by atoms with Gasteiger partial charge in [0.15, 0.2) is 0 Å². The second-order valence-corrected chi connectivity index (χ2v) is 2.86. The first-order valence-electron chi connectivity index (χ1n) is 4.03. The van der Waals surface area contributed by atoms with Gasteiger partial charge in [-0.1, -0.05) is 0 Å². The van der Waals surface area contributed by atoms with Crippen LogP contribution in [-0.2, 0) is 4.74 Å². The molecule has 1 aliphatic heterocycles. The van der Waals surface area contributed by atoms with Crippen molar-refractivity contribution in [3.8, 4) is 6.07 Å². The lowest BCUT2D eigenvalue weighted by atomic mass is 10.2. The van der Waals surface area contributed by atoms with Gasteiger partial charge in [-0.15, -0.1) is 0 Å². The van der Waals surface area contributed by atoms with E-state index in [1.165, 1.54) is 0 Å². The Morgan fingerprint density at radius 1 is 1.55 bits per heavy atom. The Balaban J connectivity index is 2.27. The second kappa shape index (κ2) is 4.32. The second-order valence-electron chi connectivity index (χ2n) is 2.86. The topological polar surface area (TPSA) is 36.3 Å². The summed E-state index contributed by atoms with van der Waals surface area (Å²) in [5.74, 6) is 0. The van der Waals surface area contributed by atoms with Gasteiger partial charge in [0.05, 0.1) is 25.7 Å². The molecule has 0 amide bonds. The summed E-state index contributed by atoms with van der Waals surface area (Å²) in [6, 6.07) is 2.57. The first-order chi connectivity index (χ1) is 5.34. The van der Waals surface area contributed by atoms with Gasteiger partial charge in [0.1, 0.15) is 0 Å². The lowest BCUT2D eigenvalue weighted by Gasteiger charge is -2.30. The molecule has 0 aromatic heterocycles. The number of morpholine rings is 1. The maximum Gasteiger partial charge on any atom is 0.0638 e. The van der Waals surface area contributed by atoms with Crippen LogP contribution >= 0.6 is 0 Å². The predicted molar refractivity (Wildman–Crippen MR) is 42.1 cm³/mol. The Hall–Kier alpha value is -0.590. The van der Waals surface area contributed by atoms with E-state index in [0.29, 0.717) is 12.5 Å². The highest BCUT2D eigenvalue weighted by Crippen LogP contribution is 2.05. The molecule has 11 heavy (non-hydrogen) atoms. The van der Waals surface area contributed by atoms with Gasteiger partial charge in [-0.05, 0) is 6.92 Å². The van der Waals surface area contributed by atoms with Crippen LogP contribution in [0.1, 0.15) is 13.3 Å². The summed E-state index contributed by atoms with van der Waals surface area (Å²) in [5, 5.41) is 8.46. The lowest BCUT2D eigenvalue weighted by molar-refractivity contribution is 0.0211. The van der Waals surface area contributed by atoms with E-state index in [2.05, 4.69) is 17.9 Å². The molecule has 0 spiro atoms. The van der Waals surface area contributed by atoms with E-state index < -0.39 is 0 Å². The van der Waals surface area contributed by atoms with Crippen LogP contribution in [0.25, 0.3) is 0 Å². The molecule has 1 rings (SSSR count). The molecule has 0 aromatic carbocycles. The fourth-order valence-corrected chi connectivity index (χ4v) is 1.28. The molecule has 62 valence electrons. The van der Waals surface area contributed by atoms with Crippen LogP contribution in [-0.4, -0.2) is 37.2 Å². The minimum absolute atomic E-state index is 0.392. The zero-order valence-corrected chi connectivity index (χ0v) is 6.92. The Bertz CT molecular complexity index is 147. The van der Waals surface area contributed by atoms with Gasteiger partial charge in [-0.25, -0.2) is 0 Å². The maximum atomic E-state index is 8.46. The summed E-state index contributed by atoms with van der Waals surface area (Å²) >= 11 is 0. The van der Waals surface area contributed by atoms with E-state index in [-0.39, 0.29) is 0 Å². The number of hydrogen-bond donors (Lipinski definition) is 0. The third kappa shape index (κ3) is 2.49. The van der Waals surface area contributed by atoms with Gasteiger partial charge >= 0.3 is 0 Å². The van der Waals surface area contributed by atoms with Gasteiger partial charge in [0, 0.05) is 19.1 Å². The number of nitrogens with zero attached hydrogens (tertiary/aromatic N) is 2. The largest absolute Gasteiger partial charge is 0.379 e. The number of nitriles is 1. The van der Waals surface area contributed by atoms with Crippen molar-refractivity contribution in [2.75, 3.05) is 26.3 Å². The first kappa shape index (κ1) is 8.51. The van der Waals surface area contributed by atoms with Crippen molar-refractivity contribution in [2.24, 2.45) is 0 Å². The average Bonchev–Trinajstić information content (AvgIpc) is 2.07. The van der Waals surface area contributed by atoms with E-state index in [0.717, 1.165) is 26.3 Å². The SMILES string of the molecule is C[C@H](CC#N)N1CCOCC1. The standard InChI is InChI=1S/C8H14N2O/c1-8(2-3-9)10-4-6-11-7-5-10/h8H,2,4-7H2,1H3/t8-/m1/s1. The highest BCUT2D eigenvalue weighted by molar-refractivity contribution is 4.80. The minimum atomic E-state index is 0.392. The molecular weight excluding hydrogens is 140 g/mol. The van der Waals surface area contributed by atoms with E-state index in [9.17, 15) is 0 Å². The van der Waals surface area contributed by atoms with E-state index >= 15 is 0 Å². The average molecular weight is 154 g/mol. The van der Waals surface area contributed by atoms with Crippen molar-refractivity contribution in [1.29, 1.82) is 5.26 Å². The zero-order valence-electron chi connectivity index (χ0n) is 6.92. The van der Waals surface area contributed by atoms with Crippen LogP contribution in [0.15, 0.2) is 0 Å². The molecule has 0 aliphatic carbocycles. The van der Waals surface area contributed by atoms with Crippen molar-refractivity contribution in [2.45, 2.75) is 19.4 Å². The molecule has 1 heterocycles. The third-order valence-corrected chi connectivity index (χ3v) is 2.06. The summed E-state index contributed by atoms with van der Waals surface area (Å²) in [7, 11) is 0. The molecule has 3 heteroatoms. The van der Waals surface area contributed by atoms with Crippen molar-refractivity contribution in [3.63, 3.8) is 0 Å². The third-order valence-electron chi connectivity index (χ3n) is 2.06. The fraction of sp³-hybridized carbons (Fsp3) is 0.875. The molecule has 0 saturated carbocycles. The van der Waals surface area contributed by atoms with Gasteiger partial charge in [-0.2, -0.15) is 5.26 Å². The maximum absolute atomic E-state index is 8.46.